The molecule has 4 heteroatoms. The number of nitrogens with zero attached hydrogens (tertiary/aromatic N) is 1. The Hall–Kier alpha value is -0.770. The number of rotatable bonds is 5. The van der Waals surface area contributed by atoms with Crippen LogP contribution in [-0.2, 0) is 0 Å². The smallest absolute Gasteiger partial charge is 0.119 e. The topological polar surface area (TPSA) is 32.7 Å². The maximum absolute atomic E-state index is 10.0. The third-order valence-electron chi connectivity index (χ3n) is 3.47. The van der Waals surface area contributed by atoms with Gasteiger partial charge in [-0.2, -0.15) is 0 Å². The number of likely N-dealkylation sites (tertiary alicyclic amines) is 1. The van der Waals surface area contributed by atoms with Gasteiger partial charge in [0.05, 0.1) is 0 Å². The van der Waals surface area contributed by atoms with Crippen LogP contribution in [0.25, 0.3) is 0 Å². The lowest BCUT2D eigenvalue weighted by molar-refractivity contribution is 0.0537. The number of β-amino-alcohol motifs (C(OH)–C–C–N with tert-alkyl or cyclic N) is 1. The summed E-state index contributed by atoms with van der Waals surface area (Å²) in [4.78, 5) is 2.32. The normalized spacial score (nSPS) is 22.2. The van der Waals surface area contributed by atoms with Gasteiger partial charge in [-0.3, -0.25) is 0 Å². The van der Waals surface area contributed by atoms with Crippen molar-refractivity contribution in [2.45, 2.75) is 25.9 Å². The summed E-state index contributed by atoms with van der Waals surface area (Å²) in [5.41, 5.74) is 0. The Kier molecular flexibility index (Phi) is 5.49. The highest BCUT2D eigenvalue weighted by Gasteiger charge is 2.19. The van der Waals surface area contributed by atoms with Crippen molar-refractivity contribution in [2.75, 3.05) is 26.2 Å². The maximum Gasteiger partial charge on any atom is 0.119 e. The summed E-state index contributed by atoms with van der Waals surface area (Å²) in [5.74, 6) is 1.48. The van der Waals surface area contributed by atoms with E-state index in [9.17, 15) is 5.11 Å². The molecular formula is C15H22ClNO2. The van der Waals surface area contributed by atoms with Gasteiger partial charge < -0.3 is 14.7 Å². The zero-order valence-corrected chi connectivity index (χ0v) is 12.1. The van der Waals surface area contributed by atoms with Gasteiger partial charge in [0, 0.05) is 18.1 Å². The first-order valence-corrected chi connectivity index (χ1v) is 7.30. The predicted molar refractivity (Wildman–Crippen MR) is 77.8 cm³/mol. The second-order valence-corrected chi connectivity index (χ2v) is 5.86. The van der Waals surface area contributed by atoms with E-state index in [4.69, 9.17) is 16.3 Å². The van der Waals surface area contributed by atoms with E-state index in [1.54, 1.807) is 12.1 Å². The number of piperidine rings is 1. The number of hydrogen-bond donors (Lipinski definition) is 1. The molecule has 0 saturated carbocycles. The molecule has 2 atom stereocenters. The summed E-state index contributed by atoms with van der Waals surface area (Å²) < 4.78 is 5.56. The molecule has 0 radical (unpaired) electrons. The van der Waals surface area contributed by atoms with Crippen LogP contribution in [0.15, 0.2) is 24.3 Å². The third kappa shape index (κ3) is 5.01. The fourth-order valence-corrected chi connectivity index (χ4v) is 2.65. The van der Waals surface area contributed by atoms with Crippen molar-refractivity contribution in [3.8, 4) is 5.75 Å². The average molecular weight is 284 g/mol. The molecule has 1 N–H and O–H groups in total. The molecule has 0 spiro atoms. The molecule has 0 bridgehead atoms. The fourth-order valence-electron chi connectivity index (χ4n) is 2.53. The second-order valence-electron chi connectivity index (χ2n) is 5.43. The summed E-state index contributed by atoms with van der Waals surface area (Å²) in [6.45, 7) is 5.45. The largest absolute Gasteiger partial charge is 0.491 e. The van der Waals surface area contributed by atoms with Gasteiger partial charge in [-0.15, -0.1) is 0 Å². The first-order valence-electron chi connectivity index (χ1n) is 6.92. The Labute approximate surface area is 120 Å². The Balaban J connectivity index is 1.72. The van der Waals surface area contributed by atoms with Crippen LogP contribution < -0.4 is 4.74 Å². The standard InChI is InChI=1S/C15H22ClNO2/c1-12-3-2-8-17(9-12)10-14(18)11-19-15-6-4-13(16)5-7-15/h4-7,12,14,18H,2-3,8-11H2,1H3/t12-,14-/m1/s1. The van der Waals surface area contributed by atoms with E-state index < -0.39 is 6.10 Å². The molecule has 0 aromatic heterocycles. The molecule has 1 aliphatic heterocycles. The average Bonchev–Trinajstić information content (AvgIpc) is 2.38. The van der Waals surface area contributed by atoms with Gasteiger partial charge in [-0.25, -0.2) is 0 Å². The highest BCUT2D eigenvalue weighted by atomic mass is 35.5. The summed E-state index contributed by atoms with van der Waals surface area (Å²) in [7, 11) is 0. The summed E-state index contributed by atoms with van der Waals surface area (Å²) >= 11 is 5.81. The van der Waals surface area contributed by atoms with E-state index in [1.807, 2.05) is 12.1 Å². The number of ether oxygens (including phenoxy) is 1. The van der Waals surface area contributed by atoms with Gasteiger partial charge >= 0.3 is 0 Å². The number of halogens is 1. The molecule has 1 aliphatic rings. The van der Waals surface area contributed by atoms with E-state index in [0.717, 1.165) is 24.8 Å². The molecule has 1 aromatic carbocycles. The Morgan fingerprint density at radius 1 is 1.42 bits per heavy atom. The predicted octanol–water partition coefficient (Wildman–Crippen LogP) is 2.81. The van der Waals surface area contributed by atoms with E-state index >= 15 is 0 Å². The van der Waals surface area contributed by atoms with Crippen molar-refractivity contribution in [1.29, 1.82) is 0 Å². The van der Waals surface area contributed by atoms with Crippen molar-refractivity contribution in [1.82, 2.24) is 4.90 Å². The first-order chi connectivity index (χ1) is 9.13. The van der Waals surface area contributed by atoms with Crippen LogP contribution in [0.5, 0.6) is 5.75 Å². The van der Waals surface area contributed by atoms with E-state index in [1.165, 1.54) is 12.8 Å². The zero-order chi connectivity index (χ0) is 13.7. The minimum Gasteiger partial charge on any atom is -0.491 e. The molecule has 0 amide bonds. The molecule has 19 heavy (non-hydrogen) atoms. The van der Waals surface area contributed by atoms with E-state index in [0.29, 0.717) is 18.2 Å². The number of hydrogen-bond acceptors (Lipinski definition) is 3. The highest BCUT2D eigenvalue weighted by molar-refractivity contribution is 6.30. The SMILES string of the molecule is C[C@@H]1CCCN(C[C@@H](O)COc2ccc(Cl)cc2)C1. The monoisotopic (exact) mass is 283 g/mol. The van der Waals surface area contributed by atoms with Crippen molar-refractivity contribution >= 4 is 11.6 Å². The van der Waals surface area contributed by atoms with Crippen LogP contribution in [0.2, 0.25) is 5.02 Å². The van der Waals surface area contributed by atoms with Gasteiger partial charge in [0.15, 0.2) is 0 Å². The van der Waals surface area contributed by atoms with Gasteiger partial charge in [-0.1, -0.05) is 18.5 Å². The lowest BCUT2D eigenvalue weighted by Crippen LogP contribution is -2.41. The Morgan fingerprint density at radius 2 is 2.16 bits per heavy atom. The maximum atomic E-state index is 10.0. The highest BCUT2D eigenvalue weighted by Crippen LogP contribution is 2.17. The van der Waals surface area contributed by atoms with Crippen molar-refractivity contribution < 1.29 is 9.84 Å². The quantitative estimate of drug-likeness (QED) is 0.902. The summed E-state index contributed by atoms with van der Waals surface area (Å²) in [6, 6.07) is 7.21. The van der Waals surface area contributed by atoms with Crippen molar-refractivity contribution in [3.05, 3.63) is 29.3 Å². The van der Waals surface area contributed by atoms with Gasteiger partial charge in [0.25, 0.3) is 0 Å². The second kappa shape index (κ2) is 7.13. The molecule has 1 aromatic rings. The summed E-state index contributed by atoms with van der Waals surface area (Å²) in [5, 5.41) is 10.7. The molecule has 1 heterocycles. The van der Waals surface area contributed by atoms with Crippen LogP contribution >= 0.6 is 11.6 Å². The van der Waals surface area contributed by atoms with Crippen molar-refractivity contribution in [3.63, 3.8) is 0 Å². The molecule has 3 nitrogen and oxygen atoms in total. The van der Waals surface area contributed by atoms with Gasteiger partial charge in [0.2, 0.25) is 0 Å². The lowest BCUT2D eigenvalue weighted by Gasteiger charge is -2.32. The Morgan fingerprint density at radius 3 is 2.84 bits per heavy atom. The molecule has 106 valence electrons. The molecule has 0 unspecified atom stereocenters. The lowest BCUT2D eigenvalue weighted by atomic mass is 10.0. The Bertz CT molecular complexity index is 382. The van der Waals surface area contributed by atoms with Crippen LogP contribution in [0.4, 0.5) is 0 Å². The van der Waals surface area contributed by atoms with Crippen LogP contribution in [0.3, 0.4) is 0 Å². The van der Waals surface area contributed by atoms with Gasteiger partial charge in [-0.05, 0) is 49.6 Å². The molecule has 1 fully saturated rings. The molecule has 0 aliphatic carbocycles. The molecule has 2 rings (SSSR count). The zero-order valence-electron chi connectivity index (χ0n) is 11.4. The van der Waals surface area contributed by atoms with E-state index in [-0.39, 0.29) is 0 Å². The van der Waals surface area contributed by atoms with Crippen LogP contribution in [0.1, 0.15) is 19.8 Å². The van der Waals surface area contributed by atoms with Gasteiger partial charge in [0.1, 0.15) is 18.5 Å². The van der Waals surface area contributed by atoms with Crippen LogP contribution in [-0.4, -0.2) is 42.4 Å². The number of aliphatic hydroxyl groups is 1. The summed E-state index contributed by atoms with van der Waals surface area (Å²) in [6.07, 6.45) is 2.08. The third-order valence-corrected chi connectivity index (χ3v) is 3.72. The minimum absolute atomic E-state index is 0.326. The molecule has 1 saturated heterocycles. The van der Waals surface area contributed by atoms with Crippen LogP contribution in [0, 0.1) is 5.92 Å². The fraction of sp³-hybridized carbons (Fsp3) is 0.600. The van der Waals surface area contributed by atoms with Crippen molar-refractivity contribution in [2.24, 2.45) is 5.92 Å². The first kappa shape index (κ1) is 14.6. The number of aliphatic hydroxyl groups excluding tert-OH is 1. The molecular weight excluding hydrogens is 262 g/mol. The minimum atomic E-state index is -0.444. The van der Waals surface area contributed by atoms with E-state index in [2.05, 4.69) is 11.8 Å². The number of benzene rings is 1.